The number of halogens is 3. The molecule has 1 amide bonds. The van der Waals surface area contributed by atoms with E-state index in [-0.39, 0.29) is 18.0 Å². The van der Waals surface area contributed by atoms with Crippen molar-refractivity contribution in [3.63, 3.8) is 0 Å². The smallest absolute Gasteiger partial charge is 0.257 e. The Morgan fingerprint density at radius 3 is 2.24 bits per heavy atom. The van der Waals surface area contributed by atoms with E-state index in [2.05, 4.69) is 4.98 Å². The number of hydrogen-bond donors (Lipinski definition) is 0. The molecule has 10 heteroatoms. The standard InChI is InChI=1S/C32H27Cl2FN2O5/c1-40-27(41-2)16-37-13-12-18-14-20(15-25(35)28(18)32(37)39)21-6-4-7-22(29(21)33)23-8-5-9-24(30(23)34)26-11-10-19(17-38)31(36-26)42-3/h4-11,14-15,17,27H,12-13,16H2,1-3H3. The van der Waals surface area contributed by atoms with Gasteiger partial charge in [0.05, 0.1) is 40.5 Å². The second kappa shape index (κ2) is 12.6. The summed E-state index contributed by atoms with van der Waals surface area (Å²) in [6.45, 7) is 0.602. The number of pyridine rings is 1. The van der Waals surface area contributed by atoms with Gasteiger partial charge in [-0.2, -0.15) is 0 Å². The molecular weight excluding hydrogens is 582 g/mol. The molecule has 0 saturated heterocycles. The maximum absolute atomic E-state index is 15.5. The van der Waals surface area contributed by atoms with Crippen LogP contribution in [0.2, 0.25) is 10.0 Å². The number of carbonyl (C=O) groups excluding carboxylic acids is 2. The van der Waals surface area contributed by atoms with Crippen molar-refractivity contribution < 1.29 is 28.2 Å². The Kier molecular flexibility index (Phi) is 8.89. The highest BCUT2D eigenvalue weighted by atomic mass is 35.5. The van der Waals surface area contributed by atoms with Gasteiger partial charge >= 0.3 is 0 Å². The minimum atomic E-state index is -0.621. The van der Waals surface area contributed by atoms with E-state index in [1.54, 1.807) is 18.2 Å². The first-order chi connectivity index (χ1) is 20.3. The first-order valence-corrected chi connectivity index (χ1v) is 13.8. The molecule has 42 heavy (non-hydrogen) atoms. The number of methoxy groups -OCH3 is 3. The molecule has 5 rings (SSSR count). The van der Waals surface area contributed by atoms with Gasteiger partial charge in [0.2, 0.25) is 5.88 Å². The number of aldehydes is 1. The fourth-order valence-electron chi connectivity index (χ4n) is 5.13. The van der Waals surface area contributed by atoms with Crippen molar-refractivity contribution >= 4 is 35.4 Å². The maximum Gasteiger partial charge on any atom is 0.257 e. The van der Waals surface area contributed by atoms with Gasteiger partial charge in [-0.3, -0.25) is 9.59 Å². The molecule has 2 heterocycles. The Morgan fingerprint density at radius 2 is 1.60 bits per heavy atom. The summed E-state index contributed by atoms with van der Waals surface area (Å²) in [5.74, 6) is -0.838. The first-order valence-electron chi connectivity index (χ1n) is 13.1. The van der Waals surface area contributed by atoms with Crippen molar-refractivity contribution in [2.75, 3.05) is 34.4 Å². The number of rotatable bonds is 9. The van der Waals surface area contributed by atoms with Crippen LogP contribution in [0, 0.1) is 5.82 Å². The predicted molar refractivity (Wildman–Crippen MR) is 160 cm³/mol. The van der Waals surface area contributed by atoms with E-state index in [9.17, 15) is 9.59 Å². The van der Waals surface area contributed by atoms with Crippen LogP contribution < -0.4 is 4.74 Å². The lowest BCUT2D eigenvalue weighted by molar-refractivity contribution is -0.112. The van der Waals surface area contributed by atoms with E-state index >= 15 is 4.39 Å². The molecule has 0 atom stereocenters. The van der Waals surface area contributed by atoms with Gasteiger partial charge in [0, 0.05) is 43.0 Å². The minimum Gasteiger partial charge on any atom is -0.480 e. The fraction of sp³-hybridized carbons (Fsp3) is 0.219. The number of amides is 1. The monoisotopic (exact) mass is 608 g/mol. The normalized spacial score (nSPS) is 12.9. The van der Waals surface area contributed by atoms with Crippen molar-refractivity contribution in [3.05, 3.63) is 93.2 Å². The Morgan fingerprint density at radius 1 is 0.952 bits per heavy atom. The van der Waals surface area contributed by atoms with Gasteiger partial charge in [-0.1, -0.05) is 65.7 Å². The molecule has 4 aromatic rings. The van der Waals surface area contributed by atoms with Gasteiger partial charge in [-0.25, -0.2) is 9.37 Å². The largest absolute Gasteiger partial charge is 0.480 e. The molecule has 1 aromatic heterocycles. The molecule has 0 saturated carbocycles. The molecule has 0 unspecified atom stereocenters. The average molecular weight is 609 g/mol. The number of benzene rings is 3. The third-order valence-electron chi connectivity index (χ3n) is 7.30. The highest BCUT2D eigenvalue weighted by Gasteiger charge is 2.30. The second-order valence-electron chi connectivity index (χ2n) is 9.64. The summed E-state index contributed by atoms with van der Waals surface area (Å²) in [4.78, 5) is 30.4. The van der Waals surface area contributed by atoms with Crippen molar-refractivity contribution in [2.24, 2.45) is 0 Å². The lowest BCUT2D eigenvalue weighted by Crippen LogP contribution is -2.43. The zero-order chi connectivity index (χ0) is 30.0. The summed E-state index contributed by atoms with van der Waals surface area (Å²) >= 11 is 13.8. The Labute approximate surface area is 252 Å². The van der Waals surface area contributed by atoms with Gasteiger partial charge in [0.25, 0.3) is 5.91 Å². The highest BCUT2D eigenvalue weighted by Crippen LogP contribution is 2.43. The van der Waals surface area contributed by atoms with Crippen LogP contribution in [0.3, 0.4) is 0 Å². The van der Waals surface area contributed by atoms with Gasteiger partial charge in [-0.15, -0.1) is 0 Å². The van der Waals surface area contributed by atoms with Gasteiger partial charge in [0.15, 0.2) is 12.6 Å². The average Bonchev–Trinajstić information content (AvgIpc) is 3.00. The molecule has 0 radical (unpaired) electrons. The maximum atomic E-state index is 15.5. The lowest BCUT2D eigenvalue weighted by Gasteiger charge is -2.31. The molecule has 7 nitrogen and oxygen atoms in total. The number of carbonyl (C=O) groups is 2. The van der Waals surface area contributed by atoms with E-state index in [0.29, 0.717) is 73.9 Å². The third kappa shape index (κ3) is 5.51. The molecule has 0 bridgehead atoms. The van der Waals surface area contributed by atoms with E-state index < -0.39 is 18.0 Å². The summed E-state index contributed by atoms with van der Waals surface area (Å²) < 4.78 is 31.2. The highest BCUT2D eigenvalue weighted by molar-refractivity contribution is 6.39. The van der Waals surface area contributed by atoms with Crippen LogP contribution in [-0.4, -0.2) is 62.8 Å². The van der Waals surface area contributed by atoms with Gasteiger partial charge in [0.1, 0.15) is 5.82 Å². The van der Waals surface area contributed by atoms with E-state index in [1.165, 1.54) is 32.3 Å². The van der Waals surface area contributed by atoms with Crippen molar-refractivity contribution in [3.8, 4) is 39.4 Å². The van der Waals surface area contributed by atoms with Crippen LogP contribution in [0.1, 0.15) is 26.3 Å². The Bertz CT molecular complexity index is 1680. The Hall–Kier alpha value is -3.82. The van der Waals surface area contributed by atoms with E-state index in [1.807, 2.05) is 36.4 Å². The molecule has 0 aliphatic carbocycles. The molecule has 1 aliphatic rings. The van der Waals surface area contributed by atoms with Crippen molar-refractivity contribution in [2.45, 2.75) is 12.7 Å². The number of ether oxygens (including phenoxy) is 3. The molecule has 0 fully saturated rings. The van der Waals surface area contributed by atoms with Crippen molar-refractivity contribution in [1.29, 1.82) is 0 Å². The number of hydrogen-bond acceptors (Lipinski definition) is 6. The van der Waals surface area contributed by atoms with Crippen LogP contribution in [-0.2, 0) is 15.9 Å². The molecule has 0 N–H and O–H groups in total. The molecule has 216 valence electrons. The summed E-state index contributed by atoms with van der Waals surface area (Å²) in [6, 6.07) is 17.4. The number of nitrogens with zero attached hydrogens (tertiary/aromatic N) is 2. The minimum absolute atomic E-state index is 0.0440. The van der Waals surface area contributed by atoms with Gasteiger partial charge in [-0.05, 0) is 35.7 Å². The summed E-state index contributed by atoms with van der Waals surface area (Å²) in [5, 5.41) is 0.780. The van der Waals surface area contributed by atoms with Crippen molar-refractivity contribution in [1.82, 2.24) is 9.88 Å². The zero-order valence-corrected chi connectivity index (χ0v) is 24.6. The summed E-state index contributed by atoms with van der Waals surface area (Å²) in [5.41, 5.74) is 4.56. The van der Waals surface area contributed by atoms with Crippen LogP contribution in [0.4, 0.5) is 4.39 Å². The quantitative estimate of drug-likeness (QED) is 0.151. The van der Waals surface area contributed by atoms with Crippen LogP contribution in [0.25, 0.3) is 33.5 Å². The van der Waals surface area contributed by atoms with Crippen LogP contribution >= 0.6 is 23.2 Å². The summed E-state index contributed by atoms with van der Waals surface area (Å²) in [7, 11) is 4.42. The molecule has 1 aliphatic heterocycles. The topological polar surface area (TPSA) is 78.0 Å². The first kappa shape index (κ1) is 29.7. The second-order valence-corrected chi connectivity index (χ2v) is 10.4. The SMILES string of the molecule is COc1nc(-c2cccc(-c3cccc(-c4cc(F)c5c(c4)CCN(CC(OC)OC)C5=O)c3Cl)c2Cl)ccc1C=O. The summed E-state index contributed by atoms with van der Waals surface area (Å²) in [6.07, 6.45) is 0.543. The lowest BCUT2D eigenvalue weighted by atomic mass is 9.92. The molecule has 0 spiro atoms. The molecule has 3 aromatic carbocycles. The molecular formula is C32H27Cl2FN2O5. The zero-order valence-electron chi connectivity index (χ0n) is 23.1. The fourth-order valence-corrected chi connectivity index (χ4v) is 5.79. The van der Waals surface area contributed by atoms with Gasteiger partial charge < -0.3 is 19.1 Å². The third-order valence-corrected chi connectivity index (χ3v) is 8.12. The van der Waals surface area contributed by atoms with E-state index in [0.717, 1.165) is 0 Å². The number of aromatic nitrogens is 1. The van der Waals surface area contributed by atoms with Crippen LogP contribution in [0.5, 0.6) is 5.88 Å². The van der Waals surface area contributed by atoms with Crippen LogP contribution in [0.15, 0.2) is 60.7 Å². The van der Waals surface area contributed by atoms with E-state index in [4.69, 9.17) is 37.4 Å². The number of fused-ring (bicyclic) bond motifs is 1. The predicted octanol–water partition coefficient (Wildman–Crippen LogP) is 6.97. The Balaban J connectivity index is 1.52.